The second-order valence-corrected chi connectivity index (χ2v) is 2.10. The van der Waals surface area contributed by atoms with E-state index in [0.29, 0.717) is 6.61 Å². The summed E-state index contributed by atoms with van der Waals surface area (Å²) in [4.78, 5) is 10.3. The zero-order valence-electron chi connectivity index (χ0n) is 4.91. The highest BCUT2D eigenvalue weighted by atomic mass is 16.5. The molecule has 1 aliphatic rings. The van der Waals surface area contributed by atoms with Crippen molar-refractivity contribution < 1.29 is 14.6 Å². The van der Waals surface area contributed by atoms with Crippen LogP contribution in [0.2, 0.25) is 0 Å². The molecule has 1 fully saturated rings. The molecule has 3 N–H and O–H groups in total. The standard InChI is InChI=1S/C5H9NO3/c6-5(8)4-3(1-7)2-9-4/h3-4,7H,1-2H2,(H2,6,8). The molecule has 0 bridgehead atoms. The fourth-order valence-electron chi connectivity index (χ4n) is 0.791. The summed E-state index contributed by atoms with van der Waals surface area (Å²) in [5, 5.41) is 8.52. The number of aliphatic hydroxyl groups excluding tert-OH is 1. The van der Waals surface area contributed by atoms with Crippen LogP contribution in [0.15, 0.2) is 0 Å². The Morgan fingerprint density at radius 1 is 1.89 bits per heavy atom. The average molecular weight is 131 g/mol. The van der Waals surface area contributed by atoms with Gasteiger partial charge >= 0.3 is 0 Å². The van der Waals surface area contributed by atoms with Crippen molar-refractivity contribution in [2.24, 2.45) is 11.7 Å². The molecule has 0 radical (unpaired) electrons. The summed E-state index contributed by atoms with van der Waals surface area (Å²) in [7, 11) is 0. The molecule has 0 aromatic rings. The maximum Gasteiger partial charge on any atom is 0.247 e. The lowest BCUT2D eigenvalue weighted by Crippen LogP contribution is -2.50. The third-order valence-corrected chi connectivity index (χ3v) is 1.43. The monoisotopic (exact) mass is 131 g/mol. The van der Waals surface area contributed by atoms with Crippen molar-refractivity contribution in [2.45, 2.75) is 6.10 Å². The van der Waals surface area contributed by atoms with Crippen LogP contribution in [0.4, 0.5) is 0 Å². The van der Waals surface area contributed by atoms with Gasteiger partial charge in [-0.3, -0.25) is 4.79 Å². The Balaban J connectivity index is 2.35. The first-order valence-electron chi connectivity index (χ1n) is 2.77. The number of primary amides is 1. The normalized spacial score (nSPS) is 33.4. The predicted octanol–water partition coefficient (Wildman–Crippen LogP) is -1.52. The fraction of sp³-hybridized carbons (Fsp3) is 0.800. The van der Waals surface area contributed by atoms with Gasteiger partial charge in [0.15, 0.2) is 0 Å². The summed E-state index contributed by atoms with van der Waals surface area (Å²) >= 11 is 0. The molecule has 9 heavy (non-hydrogen) atoms. The molecule has 0 spiro atoms. The van der Waals surface area contributed by atoms with Crippen LogP contribution in [0.25, 0.3) is 0 Å². The number of rotatable bonds is 2. The molecule has 4 heteroatoms. The number of amides is 1. The van der Waals surface area contributed by atoms with Crippen LogP contribution in [0.5, 0.6) is 0 Å². The lowest BCUT2D eigenvalue weighted by molar-refractivity contribution is -0.162. The largest absolute Gasteiger partial charge is 0.396 e. The maximum absolute atomic E-state index is 10.3. The minimum atomic E-state index is -0.546. The highest BCUT2D eigenvalue weighted by Gasteiger charge is 2.35. The van der Waals surface area contributed by atoms with Crippen molar-refractivity contribution >= 4 is 5.91 Å². The summed E-state index contributed by atoms with van der Waals surface area (Å²) in [6.07, 6.45) is -0.546. The number of aliphatic hydroxyl groups is 1. The van der Waals surface area contributed by atoms with Crippen LogP contribution in [-0.4, -0.2) is 30.3 Å². The number of carbonyl (C=O) groups excluding carboxylic acids is 1. The molecule has 1 saturated heterocycles. The Labute approximate surface area is 52.6 Å². The topological polar surface area (TPSA) is 72.6 Å². The smallest absolute Gasteiger partial charge is 0.247 e. The Morgan fingerprint density at radius 2 is 2.56 bits per heavy atom. The van der Waals surface area contributed by atoms with E-state index in [1.807, 2.05) is 0 Å². The third-order valence-electron chi connectivity index (χ3n) is 1.43. The molecule has 2 unspecified atom stereocenters. The molecule has 1 aliphatic heterocycles. The summed E-state index contributed by atoms with van der Waals surface area (Å²) < 4.78 is 4.76. The van der Waals surface area contributed by atoms with Crippen molar-refractivity contribution in [1.29, 1.82) is 0 Å². The van der Waals surface area contributed by atoms with Crippen molar-refractivity contribution in [3.8, 4) is 0 Å². The van der Waals surface area contributed by atoms with E-state index < -0.39 is 12.0 Å². The van der Waals surface area contributed by atoms with Crippen molar-refractivity contribution in [3.63, 3.8) is 0 Å². The predicted molar refractivity (Wildman–Crippen MR) is 29.5 cm³/mol. The van der Waals surface area contributed by atoms with Gasteiger partial charge in [-0.1, -0.05) is 0 Å². The number of ether oxygens (including phenoxy) is 1. The Hall–Kier alpha value is -0.610. The fourth-order valence-corrected chi connectivity index (χ4v) is 0.791. The molecule has 1 amide bonds. The first-order valence-corrected chi connectivity index (χ1v) is 2.77. The molecule has 2 atom stereocenters. The molecule has 0 saturated carbocycles. The molecule has 1 heterocycles. The third kappa shape index (κ3) is 1.04. The van der Waals surface area contributed by atoms with E-state index in [9.17, 15) is 4.79 Å². The lowest BCUT2D eigenvalue weighted by atomic mass is 9.99. The first kappa shape index (κ1) is 6.51. The van der Waals surface area contributed by atoms with Crippen LogP contribution in [0.3, 0.4) is 0 Å². The summed E-state index contributed by atoms with van der Waals surface area (Å²) in [5.41, 5.74) is 4.89. The van der Waals surface area contributed by atoms with Crippen molar-refractivity contribution in [3.05, 3.63) is 0 Å². The Bertz CT molecular complexity index is 123. The summed E-state index contributed by atoms with van der Waals surface area (Å²) in [5.74, 6) is -0.553. The zero-order chi connectivity index (χ0) is 6.85. The molecule has 52 valence electrons. The van der Waals surface area contributed by atoms with E-state index >= 15 is 0 Å². The van der Waals surface area contributed by atoms with Crippen molar-refractivity contribution in [1.82, 2.24) is 0 Å². The number of hydrogen-bond donors (Lipinski definition) is 2. The van der Waals surface area contributed by atoms with Crippen LogP contribution in [0, 0.1) is 5.92 Å². The average Bonchev–Trinajstić information content (AvgIpc) is 1.61. The number of nitrogens with two attached hydrogens (primary N) is 1. The van der Waals surface area contributed by atoms with Crippen molar-refractivity contribution in [2.75, 3.05) is 13.2 Å². The molecule has 1 rings (SSSR count). The van der Waals surface area contributed by atoms with E-state index in [1.165, 1.54) is 0 Å². The summed E-state index contributed by atoms with van der Waals surface area (Å²) in [6.45, 7) is 0.428. The van der Waals surface area contributed by atoms with Gasteiger partial charge in [-0.2, -0.15) is 0 Å². The summed E-state index contributed by atoms with van der Waals surface area (Å²) in [6, 6.07) is 0. The second-order valence-electron chi connectivity index (χ2n) is 2.10. The second kappa shape index (κ2) is 2.33. The van der Waals surface area contributed by atoms with E-state index in [-0.39, 0.29) is 12.5 Å². The van der Waals surface area contributed by atoms with Gasteiger partial charge in [0.2, 0.25) is 5.91 Å². The molecule has 0 aromatic carbocycles. The van der Waals surface area contributed by atoms with Gasteiger partial charge in [-0.05, 0) is 0 Å². The number of hydrogen-bond acceptors (Lipinski definition) is 3. The van der Waals surface area contributed by atoms with E-state index in [0.717, 1.165) is 0 Å². The van der Waals surface area contributed by atoms with Crippen LogP contribution in [0.1, 0.15) is 0 Å². The van der Waals surface area contributed by atoms with Gasteiger partial charge in [-0.25, -0.2) is 0 Å². The molecule has 0 aliphatic carbocycles. The molecular formula is C5H9NO3. The van der Waals surface area contributed by atoms with Crippen LogP contribution in [-0.2, 0) is 9.53 Å². The van der Waals surface area contributed by atoms with Gasteiger partial charge in [0.25, 0.3) is 0 Å². The zero-order valence-corrected chi connectivity index (χ0v) is 4.91. The van der Waals surface area contributed by atoms with Crippen LogP contribution < -0.4 is 5.73 Å². The van der Waals surface area contributed by atoms with Gasteiger partial charge in [-0.15, -0.1) is 0 Å². The molecular weight excluding hydrogens is 122 g/mol. The van der Waals surface area contributed by atoms with Gasteiger partial charge in [0, 0.05) is 5.92 Å². The molecule has 4 nitrogen and oxygen atoms in total. The lowest BCUT2D eigenvalue weighted by Gasteiger charge is -2.32. The van der Waals surface area contributed by atoms with Crippen LogP contribution >= 0.6 is 0 Å². The maximum atomic E-state index is 10.3. The van der Waals surface area contributed by atoms with Gasteiger partial charge < -0.3 is 15.6 Å². The van der Waals surface area contributed by atoms with Gasteiger partial charge in [0.05, 0.1) is 13.2 Å². The first-order chi connectivity index (χ1) is 4.25. The Morgan fingerprint density at radius 3 is 2.67 bits per heavy atom. The van der Waals surface area contributed by atoms with E-state index in [1.54, 1.807) is 0 Å². The highest BCUT2D eigenvalue weighted by Crippen LogP contribution is 2.18. The SMILES string of the molecule is NC(=O)C1OCC1CO. The highest BCUT2D eigenvalue weighted by molar-refractivity contribution is 5.79. The number of carbonyl (C=O) groups is 1. The van der Waals surface area contributed by atoms with E-state index in [2.05, 4.69) is 0 Å². The molecule has 0 aromatic heterocycles. The minimum absolute atomic E-state index is 0.0202. The Kier molecular flexibility index (Phi) is 1.68. The minimum Gasteiger partial charge on any atom is -0.396 e. The quantitative estimate of drug-likeness (QED) is 0.478. The van der Waals surface area contributed by atoms with E-state index in [4.69, 9.17) is 15.6 Å². The van der Waals surface area contributed by atoms with Gasteiger partial charge in [0.1, 0.15) is 6.10 Å².